The summed E-state index contributed by atoms with van der Waals surface area (Å²) in [4.78, 5) is 6.39. The van der Waals surface area contributed by atoms with Crippen molar-refractivity contribution in [1.29, 1.82) is 0 Å². The second kappa shape index (κ2) is 5.46. The Hall–Kier alpha value is -1.53. The van der Waals surface area contributed by atoms with Crippen molar-refractivity contribution in [3.05, 3.63) is 22.8 Å². The lowest BCUT2D eigenvalue weighted by atomic mass is 10.1. The number of anilines is 1. The van der Waals surface area contributed by atoms with Crippen LogP contribution >= 0.6 is 11.6 Å². The number of rotatable bonds is 2. The number of hydrogen-bond donors (Lipinski definition) is 2. The topological polar surface area (TPSA) is 84.0 Å². The predicted octanol–water partition coefficient (Wildman–Crippen LogP) is 1.83. The molecule has 0 radical (unpaired) electrons. The van der Waals surface area contributed by atoms with Gasteiger partial charge in [-0.05, 0) is 26.8 Å². The molecule has 0 bridgehead atoms. The number of halogens is 1. The average Bonchev–Trinajstić information content (AvgIpc) is 2.35. The predicted molar refractivity (Wildman–Crippen MR) is 78.6 cm³/mol. The van der Waals surface area contributed by atoms with Gasteiger partial charge in [0.15, 0.2) is 5.84 Å². The molecule has 1 aliphatic rings. The molecule has 3 N–H and O–H groups in total. The zero-order valence-corrected chi connectivity index (χ0v) is 12.6. The Morgan fingerprint density at radius 1 is 1.65 bits per heavy atom. The van der Waals surface area contributed by atoms with Crippen molar-refractivity contribution in [3.63, 3.8) is 0 Å². The van der Waals surface area contributed by atoms with Gasteiger partial charge in [-0.15, -0.1) is 0 Å². The van der Waals surface area contributed by atoms with Crippen molar-refractivity contribution in [1.82, 2.24) is 4.98 Å². The highest BCUT2D eigenvalue weighted by Crippen LogP contribution is 2.31. The Bertz CT molecular complexity index is 533. The van der Waals surface area contributed by atoms with E-state index in [0.717, 1.165) is 0 Å². The van der Waals surface area contributed by atoms with Gasteiger partial charge in [0.05, 0.1) is 16.7 Å². The van der Waals surface area contributed by atoms with Gasteiger partial charge >= 0.3 is 0 Å². The Balaban J connectivity index is 2.38. The number of nitrogens with zero attached hydrogens (tertiary/aromatic N) is 3. The lowest BCUT2D eigenvalue weighted by molar-refractivity contribution is -0.0751. The fraction of sp³-hybridized carbons (Fsp3) is 0.538. The fourth-order valence-electron chi connectivity index (χ4n) is 2.52. The number of nitrogens with two attached hydrogens (primary N) is 1. The van der Waals surface area contributed by atoms with Crippen LogP contribution in [0.1, 0.15) is 26.3 Å². The van der Waals surface area contributed by atoms with Crippen LogP contribution in [0.25, 0.3) is 0 Å². The van der Waals surface area contributed by atoms with E-state index in [0.29, 0.717) is 29.5 Å². The maximum absolute atomic E-state index is 8.79. The van der Waals surface area contributed by atoms with Crippen LogP contribution in [0, 0.1) is 0 Å². The minimum absolute atomic E-state index is 0.0285. The van der Waals surface area contributed by atoms with Gasteiger partial charge in [0.25, 0.3) is 0 Å². The zero-order valence-electron chi connectivity index (χ0n) is 11.8. The Morgan fingerprint density at radius 3 is 2.95 bits per heavy atom. The summed E-state index contributed by atoms with van der Waals surface area (Å²) < 4.78 is 5.86. The molecule has 1 atom stereocenters. The average molecular weight is 299 g/mol. The van der Waals surface area contributed by atoms with Crippen molar-refractivity contribution in [2.45, 2.75) is 32.5 Å². The van der Waals surface area contributed by atoms with Crippen LogP contribution in [0.3, 0.4) is 0 Å². The normalized spacial score (nSPS) is 22.9. The summed E-state index contributed by atoms with van der Waals surface area (Å²) in [5, 5.41) is 12.2. The first kappa shape index (κ1) is 14.9. The molecule has 7 heteroatoms. The molecular formula is C13H19ClN4O2. The van der Waals surface area contributed by atoms with E-state index in [-0.39, 0.29) is 17.5 Å². The van der Waals surface area contributed by atoms with Crippen LogP contribution in [-0.4, -0.2) is 40.8 Å². The van der Waals surface area contributed by atoms with E-state index in [1.165, 1.54) is 0 Å². The molecule has 1 aromatic heterocycles. The highest BCUT2D eigenvalue weighted by molar-refractivity contribution is 6.36. The van der Waals surface area contributed by atoms with Crippen molar-refractivity contribution in [3.8, 4) is 0 Å². The van der Waals surface area contributed by atoms with Gasteiger partial charge < -0.3 is 20.6 Å². The maximum Gasteiger partial charge on any atom is 0.171 e. The van der Waals surface area contributed by atoms with Gasteiger partial charge in [0.1, 0.15) is 5.82 Å². The third-order valence-corrected chi connectivity index (χ3v) is 3.50. The van der Waals surface area contributed by atoms with Crippen LogP contribution < -0.4 is 10.6 Å². The Labute approximate surface area is 123 Å². The molecule has 0 aliphatic carbocycles. The third kappa shape index (κ3) is 2.96. The number of aromatic nitrogens is 1. The van der Waals surface area contributed by atoms with Crippen molar-refractivity contribution < 1.29 is 9.94 Å². The van der Waals surface area contributed by atoms with Crippen LogP contribution in [0.15, 0.2) is 17.4 Å². The minimum atomic E-state index is -0.282. The number of pyridine rings is 1. The molecule has 0 spiro atoms. The molecule has 20 heavy (non-hydrogen) atoms. The van der Waals surface area contributed by atoms with E-state index in [1.54, 1.807) is 12.3 Å². The summed E-state index contributed by atoms with van der Waals surface area (Å²) in [5.74, 6) is 0.596. The molecule has 6 nitrogen and oxygen atoms in total. The third-order valence-electron chi connectivity index (χ3n) is 3.12. The number of morpholine rings is 1. The van der Waals surface area contributed by atoms with Gasteiger partial charge in [0.2, 0.25) is 0 Å². The molecule has 1 saturated heterocycles. The summed E-state index contributed by atoms with van der Waals surface area (Å²) in [6.07, 6.45) is 1.67. The Kier molecular flexibility index (Phi) is 4.06. The zero-order chi connectivity index (χ0) is 14.9. The van der Waals surface area contributed by atoms with E-state index < -0.39 is 0 Å². The van der Waals surface area contributed by atoms with E-state index in [1.807, 2.05) is 20.8 Å². The van der Waals surface area contributed by atoms with Gasteiger partial charge in [-0.2, -0.15) is 0 Å². The first-order valence-electron chi connectivity index (χ1n) is 6.39. The van der Waals surface area contributed by atoms with Crippen LogP contribution in [0.2, 0.25) is 5.02 Å². The smallest absolute Gasteiger partial charge is 0.171 e. The summed E-state index contributed by atoms with van der Waals surface area (Å²) in [6, 6.07) is 1.62. The number of oxime groups is 1. The van der Waals surface area contributed by atoms with Crippen LogP contribution in [-0.2, 0) is 4.74 Å². The largest absolute Gasteiger partial charge is 0.409 e. The van der Waals surface area contributed by atoms with Gasteiger partial charge in [-0.3, -0.25) is 0 Å². The Morgan fingerprint density at radius 2 is 2.35 bits per heavy atom. The number of amidine groups is 1. The second-order valence-electron chi connectivity index (χ2n) is 5.55. The molecule has 2 heterocycles. The second-order valence-corrected chi connectivity index (χ2v) is 5.93. The highest BCUT2D eigenvalue weighted by Gasteiger charge is 2.33. The molecule has 0 aromatic carbocycles. The van der Waals surface area contributed by atoms with Crippen LogP contribution in [0.5, 0.6) is 0 Å². The summed E-state index contributed by atoms with van der Waals surface area (Å²) in [7, 11) is 0. The fourth-order valence-corrected chi connectivity index (χ4v) is 2.85. The van der Waals surface area contributed by atoms with Crippen molar-refractivity contribution >= 4 is 23.3 Å². The molecule has 1 fully saturated rings. The minimum Gasteiger partial charge on any atom is -0.409 e. The number of ether oxygens (including phenoxy) is 1. The standard InChI is InChI=1S/C13H19ClN4O2/c1-8-6-18(7-13(2,3)20-8)12-10(14)9(4-5-16-12)11(15)17-19/h4-5,8,19H,6-7H2,1-3H3,(H2,15,17). The van der Waals surface area contributed by atoms with E-state index in [4.69, 9.17) is 27.3 Å². The highest BCUT2D eigenvalue weighted by atomic mass is 35.5. The first-order chi connectivity index (χ1) is 9.34. The number of hydrogen-bond acceptors (Lipinski definition) is 5. The summed E-state index contributed by atoms with van der Waals surface area (Å²) >= 11 is 6.34. The quantitative estimate of drug-likeness (QED) is 0.377. The lowest BCUT2D eigenvalue weighted by Gasteiger charge is -2.42. The molecule has 1 aromatic rings. The van der Waals surface area contributed by atoms with Crippen molar-refractivity contribution in [2.75, 3.05) is 18.0 Å². The first-order valence-corrected chi connectivity index (χ1v) is 6.77. The molecule has 1 unspecified atom stereocenters. The summed E-state index contributed by atoms with van der Waals surface area (Å²) in [5.41, 5.74) is 5.80. The molecule has 110 valence electrons. The van der Waals surface area contributed by atoms with E-state index in [9.17, 15) is 0 Å². The molecule has 1 aliphatic heterocycles. The molecular weight excluding hydrogens is 280 g/mol. The van der Waals surface area contributed by atoms with E-state index >= 15 is 0 Å². The monoisotopic (exact) mass is 298 g/mol. The molecule has 0 amide bonds. The van der Waals surface area contributed by atoms with Crippen molar-refractivity contribution in [2.24, 2.45) is 10.9 Å². The van der Waals surface area contributed by atoms with Crippen LogP contribution in [0.4, 0.5) is 5.82 Å². The molecule has 2 rings (SSSR count). The molecule has 0 saturated carbocycles. The van der Waals surface area contributed by atoms with Gasteiger partial charge in [0, 0.05) is 24.8 Å². The lowest BCUT2D eigenvalue weighted by Crippen LogP contribution is -2.52. The SMILES string of the molecule is CC1CN(c2nccc(/C(N)=N/O)c2Cl)CC(C)(C)O1. The maximum atomic E-state index is 8.79. The van der Waals surface area contributed by atoms with Gasteiger partial charge in [-0.25, -0.2) is 4.98 Å². The van der Waals surface area contributed by atoms with E-state index in [2.05, 4.69) is 15.0 Å². The van der Waals surface area contributed by atoms with Gasteiger partial charge in [-0.1, -0.05) is 16.8 Å². The summed E-state index contributed by atoms with van der Waals surface area (Å²) in [6.45, 7) is 7.42.